The summed E-state index contributed by atoms with van der Waals surface area (Å²) >= 11 is 5.01. The molecule has 4 heteroatoms. The molecule has 0 aliphatic heterocycles. The van der Waals surface area contributed by atoms with Crippen LogP contribution in [0.3, 0.4) is 0 Å². The lowest BCUT2D eigenvalue weighted by Gasteiger charge is -2.01. The van der Waals surface area contributed by atoms with Gasteiger partial charge in [-0.05, 0) is 27.4 Å². The number of hydrogen-bond donors (Lipinski definition) is 1. The molecule has 0 bridgehead atoms. The molecule has 0 fully saturated rings. The fourth-order valence-electron chi connectivity index (χ4n) is 0.904. The fraction of sp³-hybridized carbons (Fsp3) is 0.300. The molecule has 0 unspecified atom stereocenters. The first-order valence-electron chi connectivity index (χ1n) is 4.16. The minimum absolute atomic E-state index is 0.00301. The van der Waals surface area contributed by atoms with Gasteiger partial charge in [0.2, 0.25) is 5.91 Å². The molecule has 0 spiro atoms. The van der Waals surface area contributed by atoms with Gasteiger partial charge in [0, 0.05) is 22.2 Å². The van der Waals surface area contributed by atoms with E-state index in [-0.39, 0.29) is 5.91 Å². The maximum absolute atomic E-state index is 11.2. The fourth-order valence-corrected chi connectivity index (χ4v) is 2.34. The smallest absolute Gasteiger partial charge is 0.221 e. The van der Waals surface area contributed by atoms with Crippen LogP contribution in [-0.4, -0.2) is 5.91 Å². The van der Waals surface area contributed by atoms with Gasteiger partial charge in [-0.2, -0.15) is 0 Å². The zero-order valence-corrected chi connectivity index (χ0v) is 9.95. The van der Waals surface area contributed by atoms with Crippen LogP contribution in [0.25, 0.3) is 0 Å². The molecule has 0 atom stereocenters. The molecule has 0 radical (unpaired) electrons. The minimum atomic E-state index is 0.00301. The van der Waals surface area contributed by atoms with Crippen molar-refractivity contribution in [2.45, 2.75) is 19.4 Å². The van der Waals surface area contributed by atoms with E-state index in [1.807, 2.05) is 11.4 Å². The van der Waals surface area contributed by atoms with Gasteiger partial charge in [0.1, 0.15) is 0 Å². The van der Waals surface area contributed by atoms with Crippen molar-refractivity contribution in [3.05, 3.63) is 20.8 Å². The van der Waals surface area contributed by atoms with Crippen molar-refractivity contribution in [2.75, 3.05) is 0 Å². The molecule has 0 saturated heterocycles. The van der Waals surface area contributed by atoms with Gasteiger partial charge < -0.3 is 5.32 Å². The van der Waals surface area contributed by atoms with E-state index >= 15 is 0 Å². The lowest BCUT2D eigenvalue weighted by atomic mass is 10.3. The maximum Gasteiger partial charge on any atom is 0.221 e. The molecule has 0 aromatic carbocycles. The highest BCUT2D eigenvalue weighted by Gasteiger charge is 2.03. The molecule has 0 aliphatic carbocycles. The average Bonchev–Trinajstić information content (AvgIpc) is 2.58. The summed E-state index contributed by atoms with van der Waals surface area (Å²) in [5.74, 6) is 2.44. The van der Waals surface area contributed by atoms with Crippen LogP contribution in [0.1, 0.15) is 17.7 Å². The van der Waals surface area contributed by atoms with Crippen LogP contribution in [0.4, 0.5) is 0 Å². The summed E-state index contributed by atoms with van der Waals surface area (Å²) in [6.45, 7) is 0.571. The van der Waals surface area contributed by atoms with Gasteiger partial charge in [-0.15, -0.1) is 23.7 Å². The van der Waals surface area contributed by atoms with E-state index < -0.39 is 0 Å². The van der Waals surface area contributed by atoms with Crippen molar-refractivity contribution in [2.24, 2.45) is 0 Å². The molecular formula is C10H10BrNOS. The first-order valence-corrected chi connectivity index (χ1v) is 5.83. The zero-order valence-electron chi connectivity index (χ0n) is 7.55. The number of hydrogen-bond acceptors (Lipinski definition) is 2. The molecule has 1 aromatic heterocycles. The van der Waals surface area contributed by atoms with Crippen LogP contribution < -0.4 is 5.32 Å². The Morgan fingerprint density at radius 3 is 3.07 bits per heavy atom. The van der Waals surface area contributed by atoms with Gasteiger partial charge >= 0.3 is 0 Å². The summed E-state index contributed by atoms with van der Waals surface area (Å²) in [6, 6.07) is 1.97. The predicted octanol–water partition coefficient (Wildman–Crippen LogP) is 2.54. The molecule has 1 N–H and O–H groups in total. The first kappa shape index (κ1) is 11.3. The summed E-state index contributed by atoms with van der Waals surface area (Å²) in [7, 11) is 0. The van der Waals surface area contributed by atoms with Crippen LogP contribution in [0.15, 0.2) is 15.9 Å². The van der Waals surface area contributed by atoms with Crippen molar-refractivity contribution in [3.8, 4) is 12.3 Å². The molecule has 1 aromatic rings. The molecule has 14 heavy (non-hydrogen) atoms. The largest absolute Gasteiger partial charge is 0.351 e. The monoisotopic (exact) mass is 271 g/mol. The highest BCUT2D eigenvalue weighted by atomic mass is 79.9. The number of rotatable bonds is 4. The molecule has 1 amide bonds. The van der Waals surface area contributed by atoms with Gasteiger partial charge in [0.15, 0.2) is 0 Å². The number of halogens is 1. The van der Waals surface area contributed by atoms with Crippen molar-refractivity contribution >= 4 is 33.2 Å². The van der Waals surface area contributed by atoms with Crippen molar-refractivity contribution in [1.82, 2.24) is 5.32 Å². The topological polar surface area (TPSA) is 29.1 Å². The highest BCUT2D eigenvalue weighted by Crippen LogP contribution is 2.22. The summed E-state index contributed by atoms with van der Waals surface area (Å²) in [5, 5.41) is 4.79. The molecule has 1 heterocycles. The Hall–Kier alpha value is -0.790. The van der Waals surface area contributed by atoms with Crippen molar-refractivity contribution < 1.29 is 4.79 Å². The summed E-state index contributed by atoms with van der Waals surface area (Å²) in [6.07, 6.45) is 5.96. The molecular weight excluding hydrogens is 262 g/mol. The van der Waals surface area contributed by atoms with E-state index in [0.29, 0.717) is 19.4 Å². The van der Waals surface area contributed by atoms with Gasteiger partial charge in [-0.1, -0.05) is 0 Å². The van der Waals surface area contributed by atoms with E-state index in [2.05, 4.69) is 27.2 Å². The third-order valence-electron chi connectivity index (χ3n) is 1.63. The summed E-state index contributed by atoms with van der Waals surface area (Å²) in [5.41, 5.74) is 0. The molecule has 1 rings (SSSR count). The Bertz CT molecular complexity index is 353. The van der Waals surface area contributed by atoms with Gasteiger partial charge in [0.25, 0.3) is 0 Å². The number of terminal acetylenes is 1. The normalized spacial score (nSPS) is 9.43. The van der Waals surface area contributed by atoms with Crippen LogP contribution in [0.5, 0.6) is 0 Å². The van der Waals surface area contributed by atoms with Crippen molar-refractivity contribution in [1.29, 1.82) is 0 Å². The SMILES string of the molecule is C#CCCC(=O)NCc1sccc1Br. The van der Waals surface area contributed by atoms with Gasteiger partial charge in [0.05, 0.1) is 6.54 Å². The molecule has 2 nitrogen and oxygen atoms in total. The quantitative estimate of drug-likeness (QED) is 0.838. The van der Waals surface area contributed by atoms with Crippen molar-refractivity contribution in [3.63, 3.8) is 0 Å². The lowest BCUT2D eigenvalue weighted by Crippen LogP contribution is -2.21. The zero-order chi connectivity index (χ0) is 10.4. The Kier molecular flexibility index (Phi) is 4.71. The highest BCUT2D eigenvalue weighted by molar-refractivity contribution is 9.10. The Balaban J connectivity index is 2.31. The van der Waals surface area contributed by atoms with Gasteiger partial charge in [-0.3, -0.25) is 4.79 Å². The van der Waals surface area contributed by atoms with E-state index in [4.69, 9.17) is 6.42 Å². The second-order valence-electron chi connectivity index (χ2n) is 2.67. The minimum Gasteiger partial charge on any atom is -0.351 e. The maximum atomic E-state index is 11.2. The first-order chi connectivity index (χ1) is 6.74. The van der Waals surface area contributed by atoms with Crippen LogP contribution in [0, 0.1) is 12.3 Å². The second-order valence-corrected chi connectivity index (χ2v) is 4.53. The van der Waals surface area contributed by atoms with E-state index in [1.54, 1.807) is 11.3 Å². The molecule has 0 saturated carbocycles. The number of carbonyl (C=O) groups is 1. The predicted molar refractivity (Wildman–Crippen MR) is 61.9 cm³/mol. The van der Waals surface area contributed by atoms with Crippen LogP contribution >= 0.6 is 27.3 Å². The van der Waals surface area contributed by atoms with Crippen LogP contribution in [-0.2, 0) is 11.3 Å². The van der Waals surface area contributed by atoms with E-state index in [1.165, 1.54) is 0 Å². The number of carbonyl (C=O) groups excluding carboxylic acids is 1. The van der Waals surface area contributed by atoms with Gasteiger partial charge in [-0.25, -0.2) is 0 Å². The Labute approximate surface area is 95.8 Å². The standard InChI is InChI=1S/C10H10BrNOS/c1-2-3-4-10(13)12-7-9-8(11)5-6-14-9/h1,5-6H,3-4,7H2,(H,12,13). The molecule has 74 valence electrons. The third kappa shape index (κ3) is 3.52. The summed E-state index contributed by atoms with van der Waals surface area (Å²) < 4.78 is 1.04. The average molecular weight is 272 g/mol. The third-order valence-corrected chi connectivity index (χ3v) is 3.56. The number of thiophene rings is 1. The number of amides is 1. The van der Waals surface area contributed by atoms with Crippen LogP contribution in [0.2, 0.25) is 0 Å². The van der Waals surface area contributed by atoms with E-state index in [9.17, 15) is 4.79 Å². The Morgan fingerprint density at radius 1 is 1.71 bits per heavy atom. The summed E-state index contributed by atoms with van der Waals surface area (Å²) in [4.78, 5) is 12.3. The molecule has 0 aliphatic rings. The second kappa shape index (κ2) is 5.84. The number of nitrogens with one attached hydrogen (secondary N) is 1. The Morgan fingerprint density at radius 2 is 2.50 bits per heavy atom. The lowest BCUT2D eigenvalue weighted by molar-refractivity contribution is -0.121. The van der Waals surface area contributed by atoms with E-state index in [0.717, 1.165) is 9.35 Å².